The topological polar surface area (TPSA) is 47.6 Å². The molecule has 3 heterocycles. The van der Waals surface area contributed by atoms with Gasteiger partial charge in [-0.3, -0.25) is 4.79 Å². The van der Waals surface area contributed by atoms with E-state index in [4.69, 9.17) is 9.47 Å². The van der Waals surface area contributed by atoms with Crippen LogP contribution in [0.25, 0.3) is 0 Å². The normalized spacial score (nSPS) is 31.1. The summed E-state index contributed by atoms with van der Waals surface area (Å²) in [4.78, 5) is 12.8. The third-order valence-corrected chi connectivity index (χ3v) is 5.04. The predicted octanol–water partition coefficient (Wildman–Crippen LogP) is 2.42. The molecule has 1 aromatic rings. The summed E-state index contributed by atoms with van der Waals surface area (Å²) in [7, 11) is 0. The van der Waals surface area contributed by atoms with Crippen molar-refractivity contribution in [1.29, 1.82) is 0 Å². The molecule has 1 N–H and O–H groups in total. The van der Waals surface area contributed by atoms with Crippen molar-refractivity contribution in [2.45, 2.75) is 31.3 Å². The van der Waals surface area contributed by atoms with E-state index in [1.54, 1.807) is 0 Å². The van der Waals surface area contributed by atoms with Crippen molar-refractivity contribution in [1.82, 2.24) is 0 Å². The van der Waals surface area contributed by atoms with Gasteiger partial charge in [-0.15, -0.1) is 0 Å². The smallest absolute Gasteiger partial charge is 0.166 e. The van der Waals surface area contributed by atoms with Crippen molar-refractivity contribution in [3.05, 3.63) is 29.3 Å². The Morgan fingerprint density at radius 1 is 1.33 bits per heavy atom. The van der Waals surface area contributed by atoms with E-state index >= 15 is 0 Å². The summed E-state index contributed by atoms with van der Waals surface area (Å²) in [6, 6.07) is 6.11. The third kappa shape index (κ3) is 2.36. The Hall–Kier alpha value is -1.39. The average Bonchev–Trinajstić information content (AvgIpc) is 3.15. The lowest BCUT2D eigenvalue weighted by Gasteiger charge is -2.36. The first-order valence-electron chi connectivity index (χ1n) is 7.89. The fraction of sp³-hybridized carbons (Fsp3) is 0.588. The molecule has 4 heteroatoms. The van der Waals surface area contributed by atoms with Gasteiger partial charge in [-0.25, -0.2) is 0 Å². The molecule has 1 spiro atoms. The van der Waals surface area contributed by atoms with E-state index in [1.165, 1.54) is 5.56 Å². The molecule has 1 aromatic carbocycles. The van der Waals surface area contributed by atoms with Crippen molar-refractivity contribution >= 4 is 11.5 Å². The summed E-state index contributed by atoms with van der Waals surface area (Å²) >= 11 is 0. The number of Topliss-reactive ketones (excluding diaryl/α,β-unsaturated/α-hetero) is 1. The molecule has 0 aromatic heterocycles. The minimum atomic E-state index is -0.201. The Balaban J connectivity index is 1.54. The fourth-order valence-electron chi connectivity index (χ4n) is 3.79. The molecule has 0 saturated carbocycles. The number of carbonyl (C=O) groups is 1. The maximum absolute atomic E-state index is 12.8. The number of hydrogen-bond donors (Lipinski definition) is 1. The van der Waals surface area contributed by atoms with Gasteiger partial charge in [-0.05, 0) is 30.9 Å². The molecule has 0 radical (unpaired) electrons. The minimum absolute atomic E-state index is 0.0694. The van der Waals surface area contributed by atoms with Crippen LogP contribution in [0.5, 0.6) is 0 Å². The van der Waals surface area contributed by atoms with Gasteiger partial charge in [-0.1, -0.05) is 12.1 Å². The van der Waals surface area contributed by atoms with Crippen LogP contribution in [-0.4, -0.2) is 37.7 Å². The lowest BCUT2D eigenvalue weighted by Crippen LogP contribution is -2.42. The zero-order valence-electron chi connectivity index (χ0n) is 12.2. The maximum Gasteiger partial charge on any atom is 0.166 e. The van der Waals surface area contributed by atoms with Crippen LogP contribution in [0.3, 0.4) is 0 Å². The lowest BCUT2D eigenvalue weighted by molar-refractivity contribution is -0.0920. The van der Waals surface area contributed by atoms with Gasteiger partial charge in [0.15, 0.2) is 5.78 Å². The Kier molecular flexibility index (Phi) is 3.23. The van der Waals surface area contributed by atoms with Crippen LogP contribution >= 0.6 is 0 Å². The first kappa shape index (κ1) is 13.3. The van der Waals surface area contributed by atoms with Crippen LogP contribution in [0.2, 0.25) is 0 Å². The second kappa shape index (κ2) is 5.11. The molecule has 3 aliphatic rings. The van der Waals surface area contributed by atoms with Gasteiger partial charge in [0, 0.05) is 43.3 Å². The number of fused-ring (bicyclic) bond motifs is 1. The summed E-state index contributed by atoms with van der Waals surface area (Å²) in [6.45, 7) is 3.04. The van der Waals surface area contributed by atoms with Crippen molar-refractivity contribution < 1.29 is 14.3 Å². The molecule has 0 aliphatic carbocycles. The minimum Gasteiger partial charge on any atom is -0.384 e. The van der Waals surface area contributed by atoms with Crippen molar-refractivity contribution in [3.8, 4) is 0 Å². The molecule has 2 fully saturated rings. The summed E-state index contributed by atoms with van der Waals surface area (Å²) in [6.07, 6.45) is 3.60. The van der Waals surface area contributed by atoms with Gasteiger partial charge >= 0.3 is 0 Å². The number of carbonyl (C=O) groups excluding carboxylic acids is 1. The Labute approximate surface area is 124 Å². The van der Waals surface area contributed by atoms with E-state index in [-0.39, 0.29) is 17.3 Å². The number of hydrogen-bond acceptors (Lipinski definition) is 4. The number of ether oxygens (including phenoxy) is 2. The number of benzene rings is 1. The van der Waals surface area contributed by atoms with Gasteiger partial charge in [0.05, 0.1) is 12.2 Å². The summed E-state index contributed by atoms with van der Waals surface area (Å²) < 4.78 is 11.4. The van der Waals surface area contributed by atoms with E-state index < -0.39 is 0 Å². The van der Waals surface area contributed by atoms with Crippen LogP contribution in [-0.2, 0) is 15.9 Å². The first-order valence-corrected chi connectivity index (χ1v) is 7.89. The Bertz CT molecular complexity index is 563. The van der Waals surface area contributed by atoms with Gasteiger partial charge in [0.1, 0.15) is 0 Å². The molecule has 0 amide bonds. The highest BCUT2D eigenvalue weighted by Gasteiger charge is 2.43. The summed E-state index contributed by atoms with van der Waals surface area (Å²) in [5.41, 5.74) is 3.09. The number of nitrogens with one attached hydrogen (secondary N) is 1. The molecular weight excluding hydrogens is 266 g/mol. The van der Waals surface area contributed by atoms with Gasteiger partial charge in [0.25, 0.3) is 0 Å². The lowest BCUT2D eigenvalue weighted by atomic mass is 9.81. The summed E-state index contributed by atoms with van der Waals surface area (Å²) in [5, 5.41) is 3.35. The molecule has 0 bridgehead atoms. The van der Waals surface area contributed by atoms with Crippen LogP contribution in [0, 0.1) is 5.92 Å². The zero-order valence-corrected chi connectivity index (χ0v) is 12.2. The Morgan fingerprint density at radius 2 is 2.29 bits per heavy atom. The highest BCUT2D eigenvalue weighted by molar-refractivity contribution is 5.99. The predicted molar refractivity (Wildman–Crippen MR) is 79.8 cm³/mol. The Morgan fingerprint density at radius 3 is 3.14 bits per heavy atom. The van der Waals surface area contributed by atoms with E-state index in [2.05, 4.69) is 11.4 Å². The van der Waals surface area contributed by atoms with E-state index in [0.717, 1.165) is 50.1 Å². The number of anilines is 1. The molecule has 2 atom stereocenters. The highest BCUT2D eigenvalue weighted by atomic mass is 16.6. The van der Waals surface area contributed by atoms with Gasteiger partial charge < -0.3 is 14.8 Å². The molecule has 112 valence electrons. The van der Waals surface area contributed by atoms with E-state index in [9.17, 15) is 4.79 Å². The van der Waals surface area contributed by atoms with Crippen LogP contribution in [0.4, 0.5) is 5.69 Å². The van der Waals surface area contributed by atoms with Crippen LogP contribution in [0.1, 0.15) is 35.2 Å². The zero-order chi connectivity index (χ0) is 14.3. The highest BCUT2D eigenvalue weighted by Crippen LogP contribution is 2.37. The maximum atomic E-state index is 12.8. The summed E-state index contributed by atoms with van der Waals surface area (Å²) in [5.74, 6) is 0.334. The molecular formula is C17H21NO3. The molecule has 2 unspecified atom stereocenters. The van der Waals surface area contributed by atoms with Crippen molar-refractivity contribution in [2.24, 2.45) is 5.92 Å². The largest absolute Gasteiger partial charge is 0.384 e. The standard InChI is InChI=1S/C17H21NO3/c19-16(13-2-1-12-3-6-18-15(12)9-13)14-4-7-21-17(10-14)5-8-20-11-17/h1-2,9,14,18H,3-8,10-11H2. The number of ketones is 1. The van der Waals surface area contributed by atoms with Gasteiger partial charge in [0.2, 0.25) is 0 Å². The van der Waals surface area contributed by atoms with E-state index in [0.29, 0.717) is 13.2 Å². The molecule has 4 rings (SSSR count). The van der Waals surface area contributed by atoms with E-state index in [1.807, 2.05) is 12.1 Å². The second-order valence-corrected chi connectivity index (χ2v) is 6.44. The van der Waals surface area contributed by atoms with Crippen LogP contribution in [0.15, 0.2) is 18.2 Å². The molecule has 21 heavy (non-hydrogen) atoms. The van der Waals surface area contributed by atoms with Crippen molar-refractivity contribution in [3.63, 3.8) is 0 Å². The third-order valence-electron chi connectivity index (χ3n) is 5.04. The SMILES string of the molecule is O=C(c1ccc2c(c1)NCC2)C1CCOC2(CCOC2)C1. The van der Waals surface area contributed by atoms with Crippen molar-refractivity contribution in [2.75, 3.05) is 31.7 Å². The second-order valence-electron chi connectivity index (χ2n) is 6.44. The van der Waals surface area contributed by atoms with Gasteiger partial charge in [-0.2, -0.15) is 0 Å². The average molecular weight is 287 g/mol. The fourth-order valence-corrected chi connectivity index (χ4v) is 3.79. The van der Waals surface area contributed by atoms with Crippen LogP contribution < -0.4 is 5.32 Å². The first-order chi connectivity index (χ1) is 10.3. The molecule has 3 aliphatic heterocycles. The number of rotatable bonds is 2. The monoisotopic (exact) mass is 287 g/mol. The quantitative estimate of drug-likeness (QED) is 0.849. The molecule has 4 nitrogen and oxygen atoms in total. The molecule has 2 saturated heterocycles.